The fourth-order valence-corrected chi connectivity index (χ4v) is 2.93. The highest BCUT2D eigenvalue weighted by Crippen LogP contribution is 2.36. The van der Waals surface area contributed by atoms with Crippen molar-refractivity contribution in [2.75, 3.05) is 0 Å². The van der Waals surface area contributed by atoms with Crippen molar-refractivity contribution >= 4 is 5.91 Å². The number of nitrogens with one attached hydrogen (secondary N) is 1. The minimum atomic E-state index is -4.52. The summed E-state index contributed by atoms with van der Waals surface area (Å²) in [4.78, 5) is 16.4. The molecule has 0 aliphatic rings. The molecule has 4 aromatic rings. The van der Waals surface area contributed by atoms with Gasteiger partial charge < -0.3 is 14.6 Å². The molecule has 9 heteroatoms. The molecule has 4 rings (SSSR count). The second-order valence-corrected chi connectivity index (χ2v) is 6.70. The number of carbonyl (C=O) groups excluding carboxylic acids is 1. The number of halogens is 3. The Morgan fingerprint density at radius 2 is 1.75 bits per heavy atom. The Morgan fingerprint density at radius 3 is 2.47 bits per heavy atom. The van der Waals surface area contributed by atoms with Crippen LogP contribution in [-0.4, -0.2) is 16.0 Å². The number of carbonyl (C=O) groups is 1. The Balaban J connectivity index is 1.39. The second kappa shape index (κ2) is 8.93. The number of aromatic nitrogens is 2. The summed E-state index contributed by atoms with van der Waals surface area (Å²) >= 11 is 0. The maximum atomic E-state index is 13.2. The molecule has 0 bridgehead atoms. The lowest BCUT2D eigenvalue weighted by Gasteiger charge is -2.10. The van der Waals surface area contributed by atoms with Crippen LogP contribution in [0.2, 0.25) is 0 Å². The van der Waals surface area contributed by atoms with Gasteiger partial charge in [0.1, 0.15) is 11.4 Å². The fraction of sp³-hybridized carbons (Fsp3) is 0.0870. The van der Waals surface area contributed by atoms with E-state index in [2.05, 4.69) is 15.5 Å². The third-order valence-electron chi connectivity index (χ3n) is 4.45. The summed E-state index contributed by atoms with van der Waals surface area (Å²) in [6, 6.07) is 18.6. The minimum Gasteiger partial charge on any atom is -0.439 e. The van der Waals surface area contributed by atoms with Crippen LogP contribution >= 0.6 is 0 Å². The quantitative estimate of drug-likeness (QED) is 0.431. The van der Waals surface area contributed by atoms with E-state index in [1.54, 1.807) is 24.3 Å². The van der Waals surface area contributed by atoms with E-state index in [0.29, 0.717) is 11.6 Å². The molecule has 0 saturated heterocycles. The van der Waals surface area contributed by atoms with Gasteiger partial charge in [0.05, 0.1) is 17.7 Å². The van der Waals surface area contributed by atoms with Crippen LogP contribution in [0.3, 0.4) is 0 Å². The lowest BCUT2D eigenvalue weighted by molar-refractivity contribution is -0.137. The van der Waals surface area contributed by atoms with Crippen molar-refractivity contribution in [3.8, 4) is 22.9 Å². The first-order valence-corrected chi connectivity index (χ1v) is 9.49. The first-order chi connectivity index (χ1) is 15.4. The Kier molecular flexibility index (Phi) is 5.89. The Morgan fingerprint density at radius 1 is 1.00 bits per heavy atom. The van der Waals surface area contributed by atoms with Crippen LogP contribution in [0, 0.1) is 0 Å². The lowest BCUT2D eigenvalue weighted by Crippen LogP contribution is -2.22. The van der Waals surface area contributed by atoms with Gasteiger partial charge in [-0.05, 0) is 24.3 Å². The number of nitrogens with zero attached hydrogens (tertiary/aromatic N) is 2. The molecule has 1 amide bonds. The zero-order valence-electron chi connectivity index (χ0n) is 16.5. The predicted molar refractivity (Wildman–Crippen MR) is 109 cm³/mol. The summed E-state index contributed by atoms with van der Waals surface area (Å²) in [6.07, 6.45) is -3.16. The fourth-order valence-electron chi connectivity index (χ4n) is 2.93. The highest BCUT2D eigenvalue weighted by Gasteiger charge is 2.34. The van der Waals surface area contributed by atoms with Gasteiger partial charge in [0.25, 0.3) is 5.91 Å². The number of amides is 1. The number of pyridine rings is 1. The second-order valence-electron chi connectivity index (χ2n) is 6.70. The Bertz CT molecular complexity index is 1210. The number of hydrogen-bond donors (Lipinski definition) is 1. The van der Waals surface area contributed by atoms with Crippen LogP contribution in [-0.2, 0) is 12.7 Å². The molecule has 0 radical (unpaired) electrons. The molecule has 0 saturated carbocycles. The van der Waals surface area contributed by atoms with Gasteiger partial charge in [0, 0.05) is 23.9 Å². The van der Waals surface area contributed by atoms with Crippen molar-refractivity contribution in [1.29, 1.82) is 0 Å². The topological polar surface area (TPSA) is 77.2 Å². The lowest BCUT2D eigenvalue weighted by atomic mass is 10.0. The molecule has 0 fully saturated rings. The average molecular weight is 439 g/mol. The van der Waals surface area contributed by atoms with Gasteiger partial charge in [-0.15, -0.1) is 0 Å². The summed E-state index contributed by atoms with van der Waals surface area (Å²) in [5.41, 5.74) is -0.592. The Labute approximate surface area is 180 Å². The molecule has 162 valence electrons. The molecular weight excluding hydrogens is 423 g/mol. The van der Waals surface area contributed by atoms with Gasteiger partial charge in [-0.25, -0.2) is 4.98 Å². The number of hydrogen-bond acceptors (Lipinski definition) is 5. The van der Waals surface area contributed by atoms with Crippen molar-refractivity contribution < 1.29 is 27.2 Å². The van der Waals surface area contributed by atoms with Gasteiger partial charge in [-0.1, -0.05) is 41.6 Å². The largest absolute Gasteiger partial charge is 0.439 e. The Hall–Kier alpha value is -4.14. The van der Waals surface area contributed by atoms with Gasteiger partial charge in [0.15, 0.2) is 5.76 Å². The number of rotatable bonds is 6. The maximum absolute atomic E-state index is 13.2. The van der Waals surface area contributed by atoms with E-state index >= 15 is 0 Å². The molecule has 1 N–H and O–H groups in total. The van der Waals surface area contributed by atoms with Crippen molar-refractivity contribution in [2.45, 2.75) is 12.7 Å². The van der Waals surface area contributed by atoms with E-state index in [1.165, 1.54) is 30.5 Å². The van der Waals surface area contributed by atoms with E-state index in [0.717, 1.165) is 6.07 Å². The molecule has 2 aromatic carbocycles. The van der Waals surface area contributed by atoms with Crippen LogP contribution in [0.25, 0.3) is 11.3 Å². The molecule has 2 heterocycles. The molecule has 0 atom stereocenters. The molecule has 0 aliphatic carbocycles. The number of para-hydroxylation sites is 1. The summed E-state index contributed by atoms with van der Waals surface area (Å²) in [6.45, 7) is -0.0533. The highest BCUT2D eigenvalue weighted by molar-refractivity contribution is 5.93. The average Bonchev–Trinajstić information content (AvgIpc) is 3.27. The smallest absolute Gasteiger partial charge is 0.417 e. The number of benzene rings is 2. The third-order valence-corrected chi connectivity index (χ3v) is 4.45. The predicted octanol–water partition coefficient (Wildman–Crippen LogP) is 5.48. The molecule has 0 unspecified atom stereocenters. The van der Waals surface area contributed by atoms with Crippen LogP contribution in [0.15, 0.2) is 83.5 Å². The zero-order chi connectivity index (χ0) is 22.6. The van der Waals surface area contributed by atoms with E-state index in [1.807, 2.05) is 18.2 Å². The summed E-state index contributed by atoms with van der Waals surface area (Å²) < 4.78 is 50.3. The van der Waals surface area contributed by atoms with Crippen molar-refractivity contribution in [3.05, 3.63) is 95.9 Å². The molecular formula is C23H16F3N3O3. The van der Waals surface area contributed by atoms with Crippen LogP contribution in [0.1, 0.15) is 21.7 Å². The molecule has 6 nitrogen and oxygen atoms in total. The van der Waals surface area contributed by atoms with Gasteiger partial charge >= 0.3 is 6.18 Å². The molecule has 0 aliphatic heterocycles. The minimum absolute atomic E-state index is 0.0336. The van der Waals surface area contributed by atoms with E-state index < -0.39 is 17.6 Å². The summed E-state index contributed by atoms with van der Waals surface area (Å²) in [7, 11) is 0. The normalized spacial score (nSPS) is 11.2. The number of ether oxygens (including phenoxy) is 1. The third kappa shape index (κ3) is 4.94. The molecule has 32 heavy (non-hydrogen) atoms. The van der Waals surface area contributed by atoms with E-state index in [4.69, 9.17) is 9.26 Å². The van der Waals surface area contributed by atoms with Crippen molar-refractivity contribution in [1.82, 2.24) is 15.5 Å². The van der Waals surface area contributed by atoms with Gasteiger partial charge in [-0.2, -0.15) is 13.2 Å². The zero-order valence-corrected chi connectivity index (χ0v) is 16.5. The standard InChI is InChI=1S/C23H16F3N3O3/c24-23(25,26)19-9-5-4-8-18(19)20-12-17(32-29-20)14-28-22(30)15-10-11-21(27-13-15)31-16-6-2-1-3-7-16/h1-13H,14H2,(H,28,30). The SMILES string of the molecule is O=C(NCc1cc(-c2ccccc2C(F)(F)F)no1)c1ccc(Oc2ccccc2)nc1. The van der Waals surface area contributed by atoms with Crippen molar-refractivity contribution in [2.24, 2.45) is 0 Å². The van der Waals surface area contributed by atoms with Crippen LogP contribution < -0.4 is 10.1 Å². The van der Waals surface area contributed by atoms with E-state index in [-0.39, 0.29) is 29.1 Å². The number of alkyl halides is 3. The molecule has 0 spiro atoms. The van der Waals surface area contributed by atoms with Crippen LogP contribution in [0.4, 0.5) is 13.2 Å². The monoisotopic (exact) mass is 439 g/mol. The maximum Gasteiger partial charge on any atom is 0.417 e. The summed E-state index contributed by atoms with van der Waals surface area (Å²) in [5.74, 6) is 0.723. The first kappa shape index (κ1) is 21.1. The van der Waals surface area contributed by atoms with Gasteiger partial charge in [0.2, 0.25) is 5.88 Å². The van der Waals surface area contributed by atoms with Crippen LogP contribution in [0.5, 0.6) is 11.6 Å². The molecule has 2 aromatic heterocycles. The van der Waals surface area contributed by atoms with E-state index in [9.17, 15) is 18.0 Å². The van der Waals surface area contributed by atoms with Crippen molar-refractivity contribution in [3.63, 3.8) is 0 Å². The first-order valence-electron chi connectivity index (χ1n) is 9.49. The highest BCUT2D eigenvalue weighted by atomic mass is 19.4. The summed E-state index contributed by atoms with van der Waals surface area (Å²) in [5, 5.41) is 6.33. The van der Waals surface area contributed by atoms with Gasteiger partial charge in [-0.3, -0.25) is 4.79 Å².